The van der Waals surface area contributed by atoms with Crippen molar-refractivity contribution in [2.75, 3.05) is 0 Å². The quantitative estimate of drug-likeness (QED) is 0.0774. The van der Waals surface area contributed by atoms with Crippen LogP contribution in [0, 0.1) is 34.8 Å². The van der Waals surface area contributed by atoms with Crippen molar-refractivity contribution in [3.8, 4) is 194 Å². The van der Waals surface area contributed by atoms with E-state index in [1.54, 1.807) is 6.07 Å². The molecule has 0 aliphatic heterocycles. The van der Waals surface area contributed by atoms with Gasteiger partial charge < -0.3 is 9.13 Å². The third-order valence-electron chi connectivity index (χ3n) is 23.6. The smallest absolute Gasteiger partial charge is 0.164 e. The van der Waals surface area contributed by atoms with Crippen molar-refractivity contribution in [3.05, 3.63) is 416 Å². The molecule has 23 rings (SSSR count). The zero-order valence-electron chi connectivity index (χ0n) is 70.3. The molecule has 0 spiro atoms. The number of rotatable bonds is 18. The van der Waals surface area contributed by atoms with E-state index in [4.69, 9.17) is 74.8 Å². The fraction of sp³-hybridized carbons (Fsp3) is 0.0177. The first-order chi connectivity index (χ1) is 65.3. The summed E-state index contributed by atoms with van der Waals surface area (Å²) in [7, 11) is 0. The Bertz CT molecular complexity index is 7950. The minimum atomic E-state index is 0.324. The van der Waals surface area contributed by atoms with Crippen molar-refractivity contribution >= 4 is 44.4 Å². The Morgan fingerprint density at radius 3 is 0.818 bits per heavy atom. The molecule has 0 bridgehead atoms. The molecule has 0 atom stereocenters. The molecule has 0 fully saturated rings. The van der Waals surface area contributed by atoms with Gasteiger partial charge in [-0.15, -0.1) is 0 Å². The van der Waals surface area contributed by atoms with Crippen LogP contribution >= 0.6 is 0 Å². The highest BCUT2D eigenvalue weighted by molar-refractivity contribution is 6.12. The summed E-state index contributed by atoms with van der Waals surface area (Å²) in [4.78, 5) is 78.0. The molecule has 0 saturated heterocycles. The Hall–Kier alpha value is -18.8. The van der Waals surface area contributed by atoms with Gasteiger partial charge >= 0.3 is 0 Å². The van der Waals surface area contributed by atoms with Crippen molar-refractivity contribution in [2.24, 2.45) is 0 Å². The molecule has 19 nitrogen and oxygen atoms in total. The van der Waals surface area contributed by atoms with Crippen LogP contribution in [-0.2, 0) is 6.42 Å². The minimum Gasteiger partial charge on any atom is -0.312 e. The lowest BCUT2D eigenvalue weighted by Crippen LogP contribution is -2.09. The molecule has 15 aromatic carbocycles. The van der Waals surface area contributed by atoms with Crippen LogP contribution in [0.4, 0.5) is 0 Å². The lowest BCUT2D eigenvalue weighted by atomic mass is 9.94. The lowest BCUT2D eigenvalue weighted by Gasteiger charge is -2.20. The van der Waals surface area contributed by atoms with E-state index in [0.29, 0.717) is 134 Å². The number of nitriles is 2. The third kappa shape index (κ3) is 14.9. The lowest BCUT2D eigenvalue weighted by molar-refractivity contribution is 0.886. The minimum absolute atomic E-state index is 0.324. The summed E-state index contributed by atoms with van der Waals surface area (Å²) in [6, 6.07) is 135. The maximum atomic E-state index is 11.8. The van der Waals surface area contributed by atoms with Gasteiger partial charge in [0.1, 0.15) is 17.7 Å². The van der Waals surface area contributed by atoms with E-state index in [2.05, 4.69) is 94.1 Å². The molecule has 7 heterocycles. The van der Waals surface area contributed by atoms with Crippen LogP contribution in [0.25, 0.3) is 226 Å². The van der Waals surface area contributed by atoms with Crippen LogP contribution < -0.4 is 0 Å². The van der Waals surface area contributed by atoms with Crippen molar-refractivity contribution in [3.63, 3.8) is 0 Å². The average molecular weight is 1690 g/mol. The Kier molecular flexibility index (Phi) is 19.9. The zero-order valence-corrected chi connectivity index (χ0v) is 70.3. The van der Waals surface area contributed by atoms with Gasteiger partial charge in [0.15, 0.2) is 87.4 Å². The number of hydrogen-bond donors (Lipinski definition) is 0. The van der Waals surface area contributed by atoms with Crippen LogP contribution in [-0.4, -0.2) is 83.9 Å². The number of nitrogens with zero attached hydrogens (tertiary/aromatic N) is 19. The Morgan fingerprint density at radius 2 is 0.508 bits per heavy atom. The third-order valence-corrected chi connectivity index (χ3v) is 23.6. The molecule has 0 saturated carbocycles. The molecule has 1 aliphatic carbocycles. The Morgan fingerprint density at radius 1 is 0.227 bits per heavy atom. The van der Waals surface area contributed by atoms with Crippen LogP contribution in [0.3, 0.4) is 0 Å². The highest BCUT2D eigenvalue weighted by Gasteiger charge is 2.30. The van der Waals surface area contributed by atoms with Crippen molar-refractivity contribution < 1.29 is 0 Å². The number of aromatic nitrogens is 17. The monoisotopic (exact) mass is 1690 g/mol. The van der Waals surface area contributed by atoms with E-state index in [9.17, 15) is 10.5 Å². The fourth-order valence-corrected chi connectivity index (χ4v) is 17.2. The van der Waals surface area contributed by atoms with Crippen LogP contribution in [0.15, 0.2) is 376 Å². The van der Waals surface area contributed by atoms with Crippen molar-refractivity contribution in [1.82, 2.24) is 83.9 Å². The normalized spacial score (nSPS) is 11.7. The standard InChI is InChI=1S/C113H67N19/c114-68-70-46-48-71(49-47-70)88-63-82(51-57-94(88)132-97-60-54-85(112-125-103(76-36-18-5-19-37-76)118-104(126-112)77-38-20-6-21-39-77)66-91(97)92-67-86(55-61-98(92)132)113-127-105(78-40-22-7-23-41-78)119-106(128-113)79-42-24-8-25-43-79)109-129-107(80-44-26-9-27-45-80)120-108(130-109)81-50-56-93(87(62-81)69-115)131-95-58-52-83(110-121-99(72-28-10-1-11-29-72)116-100(122-110)73-30-12-2-13-31-73)64-89(95)90-65-84(53-59-96(90)131)111-123-101(74-32-14-3-15-33-74)117-102(124-111)75-34-16-4-17-35-75/h1-46,48,50-54,56-60,62-67H,55,61H2. The summed E-state index contributed by atoms with van der Waals surface area (Å²) < 4.78 is 4.46. The van der Waals surface area contributed by atoms with Gasteiger partial charge in [0.2, 0.25) is 0 Å². The molecule has 19 heteroatoms. The Balaban J connectivity index is 0.687. The second-order valence-electron chi connectivity index (χ2n) is 31.8. The van der Waals surface area contributed by atoms with Gasteiger partial charge in [0.05, 0.1) is 33.5 Å². The summed E-state index contributed by atoms with van der Waals surface area (Å²) in [6.45, 7) is 0. The molecular formula is C113H67N19. The molecule has 0 radical (unpaired) electrons. The summed E-state index contributed by atoms with van der Waals surface area (Å²) in [6.07, 6.45) is 3.36. The van der Waals surface area contributed by atoms with E-state index < -0.39 is 0 Å². The highest BCUT2D eigenvalue weighted by atomic mass is 15.1. The SMILES string of the molecule is N#Cc1c#cc(-c2cc(-c3nc(-c4ccccc4)nc(-c4ccc(-n5c6ccc(-c7nc(-c8ccccc8)nc(-c8ccccc8)n7)cc6c6cc(-c7nc(-c8ccccc8)nc(-c8ccccc8)n7)ccc65)c(C#N)c4)n3)ccc2-n2c3c(c4cc(-c5nc(-c6ccccc6)nc(-c6ccccc6)n5)ccc42)C=C(c2nc(-c4ccccc4)nc(-c4ccccc4)n2)CC3)cc1. The number of fused-ring (bicyclic) bond motifs is 6. The van der Waals surface area contributed by atoms with Crippen LogP contribution in [0.1, 0.15) is 34.6 Å². The maximum Gasteiger partial charge on any atom is 0.164 e. The van der Waals surface area contributed by atoms with E-state index in [0.717, 1.165) is 128 Å². The second-order valence-corrected chi connectivity index (χ2v) is 31.8. The maximum absolute atomic E-state index is 11.8. The molecule has 1 aliphatic rings. The molecular weight excluding hydrogens is 1620 g/mol. The highest BCUT2D eigenvalue weighted by Crippen LogP contribution is 2.45. The van der Waals surface area contributed by atoms with Gasteiger partial charge in [-0.1, -0.05) is 285 Å². The predicted molar refractivity (Wildman–Crippen MR) is 516 cm³/mol. The van der Waals surface area contributed by atoms with Gasteiger partial charge in [0.25, 0.3) is 0 Å². The van der Waals surface area contributed by atoms with Gasteiger partial charge in [-0.2, -0.15) is 10.5 Å². The number of benzene rings is 14. The molecule has 0 unspecified atom stereocenters. The second kappa shape index (κ2) is 33.6. The van der Waals surface area contributed by atoms with Gasteiger partial charge in [-0.25, -0.2) is 74.8 Å². The largest absolute Gasteiger partial charge is 0.312 e. The van der Waals surface area contributed by atoms with Crippen LogP contribution in [0.2, 0.25) is 0 Å². The van der Waals surface area contributed by atoms with Crippen molar-refractivity contribution in [1.29, 1.82) is 10.5 Å². The first-order valence-corrected chi connectivity index (χ1v) is 43.1. The molecule has 7 aromatic heterocycles. The van der Waals surface area contributed by atoms with E-state index >= 15 is 0 Å². The fourth-order valence-electron chi connectivity index (χ4n) is 17.2. The topological polar surface area (TPSA) is 251 Å². The summed E-state index contributed by atoms with van der Waals surface area (Å²) in [5.74, 6) is 7.42. The van der Waals surface area contributed by atoms with Crippen LogP contribution in [0.5, 0.6) is 0 Å². The molecule has 614 valence electrons. The Labute approximate surface area is 757 Å². The van der Waals surface area contributed by atoms with Crippen molar-refractivity contribution in [2.45, 2.75) is 12.8 Å². The number of hydrogen-bond acceptors (Lipinski definition) is 17. The molecule has 0 amide bonds. The first-order valence-electron chi connectivity index (χ1n) is 43.1. The van der Waals surface area contributed by atoms with Gasteiger partial charge in [-0.05, 0) is 128 Å². The average Bonchev–Trinajstić information content (AvgIpc) is 1.61. The van der Waals surface area contributed by atoms with E-state index in [1.165, 1.54) is 0 Å². The van der Waals surface area contributed by atoms with E-state index in [1.807, 2.05) is 315 Å². The molecule has 0 N–H and O–H groups in total. The predicted octanol–water partition coefficient (Wildman–Crippen LogP) is 24.5. The van der Waals surface area contributed by atoms with Gasteiger partial charge in [-0.3, -0.25) is 0 Å². The zero-order chi connectivity index (χ0) is 88.0. The number of allylic oxidation sites excluding steroid dienone is 1. The summed E-state index contributed by atoms with van der Waals surface area (Å²) in [5, 5.41) is 24.7. The molecule has 22 aromatic rings. The molecule has 132 heavy (non-hydrogen) atoms. The first kappa shape index (κ1) is 78.0. The summed E-state index contributed by atoms with van der Waals surface area (Å²) >= 11 is 0. The van der Waals surface area contributed by atoms with E-state index in [-0.39, 0.29) is 0 Å². The van der Waals surface area contributed by atoms with Gasteiger partial charge in [0, 0.05) is 116 Å². The summed E-state index contributed by atoms with van der Waals surface area (Å²) in [5.41, 5.74) is 19.9.